The van der Waals surface area contributed by atoms with Crippen molar-refractivity contribution in [2.24, 2.45) is 0 Å². The van der Waals surface area contributed by atoms with E-state index >= 15 is 0 Å². The molecule has 1 atom stereocenters. The molecule has 0 fully saturated rings. The molecule has 0 aliphatic heterocycles. The average molecular weight is 337 g/mol. The number of carboxylic acid groups (broad SMARTS) is 1. The first-order chi connectivity index (χ1) is 12.0. The van der Waals surface area contributed by atoms with E-state index in [1.165, 1.54) is 10.5 Å². The first-order valence-electron chi connectivity index (χ1n) is 8.57. The van der Waals surface area contributed by atoms with Crippen LogP contribution in [0, 0.1) is 0 Å². The van der Waals surface area contributed by atoms with Crippen molar-refractivity contribution in [3.63, 3.8) is 0 Å². The maximum atomic E-state index is 11.1. The SMILES string of the molecule is CC(C)[NH+](Cc1ccccc1)Cc1c(CC(=O)[O-])nc2ccccn12. The van der Waals surface area contributed by atoms with Gasteiger partial charge >= 0.3 is 0 Å². The molecule has 2 aromatic heterocycles. The number of carboxylic acids is 1. The highest BCUT2D eigenvalue weighted by Crippen LogP contribution is 2.13. The quantitative estimate of drug-likeness (QED) is 0.687. The summed E-state index contributed by atoms with van der Waals surface area (Å²) in [6, 6.07) is 16.5. The zero-order valence-corrected chi connectivity index (χ0v) is 14.6. The number of rotatable bonds is 7. The van der Waals surface area contributed by atoms with E-state index in [0.717, 1.165) is 17.9 Å². The lowest BCUT2D eigenvalue weighted by atomic mass is 10.1. The largest absolute Gasteiger partial charge is 0.550 e. The number of nitrogens with zero attached hydrogens (tertiary/aromatic N) is 2. The molecule has 0 aliphatic carbocycles. The molecule has 5 heteroatoms. The van der Waals surface area contributed by atoms with Crippen LogP contribution in [0.2, 0.25) is 0 Å². The topological polar surface area (TPSA) is 61.9 Å². The lowest BCUT2D eigenvalue weighted by Gasteiger charge is -2.24. The summed E-state index contributed by atoms with van der Waals surface area (Å²) in [7, 11) is 0. The van der Waals surface area contributed by atoms with Crippen LogP contribution in [0.4, 0.5) is 0 Å². The molecule has 0 aliphatic rings. The lowest BCUT2D eigenvalue weighted by molar-refractivity contribution is -0.948. The standard InChI is InChI=1S/C20H23N3O2/c1-15(2)22(13-16-8-4-3-5-9-16)14-18-17(12-20(24)25)21-19-10-6-7-11-23(18)19/h3-11,15H,12-14H2,1-2H3,(H,24,25). The number of imidazole rings is 1. The molecule has 0 saturated heterocycles. The van der Waals surface area contributed by atoms with Gasteiger partial charge in [0.1, 0.15) is 24.4 Å². The summed E-state index contributed by atoms with van der Waals surface area (Å²) in [6.45, 7) is 5.95. The molecule has 1 unspecified atom stereocenters. The Bertz CT molecular complexity index is 856. The number of aromatic nitrogens is 2. The van der Waals surface area contributed by atoms with Gasteiger partial charge in [-0.05, 0) is 26.0 Å². The number of hydrogen-bond acceptors (Lipinski definition) is 3. The summed E-state index contributed by atoms with van der Waals surface area (Å²) in [5.74, 6) is -1.10. The third-order valence-corrected chi connectivity index (χ3v) is 4.51. The van der Waals surface area contributed by atoms with Crippen molar-refractivity contribution >= 4 is 11.6 Å². The van der Waals surface area contributed by atoms with Crippen molar-refractivity contribution in [3.8, 4) is 0 Å². The molecule has 0 amide bonds. The first kappa shape index (κ1) is 17.2. The van der Waals surface area contributed by atoms with E-state index in [1.807, 2.05) is 47.0 Å². The smallest absolute Gasteiger partial charge is 0.137 e. The van der Waals surface area contributed by atoms with Gasteiger partial charge in [-0.25, -0.2) is 4.98 Å². The molecule has 3 aromatic rings. The number of carbonyl (C=O) groups excluding carboxylic acids is 1. The van der Waals surface area contributed by atoms with Crippen LogP contribution in [0.5, 0.6) is 0 Å². The first-order valence-corrected chi connectivity index (χ1v) is 8.57. The van der Waals surface area contributed by atoms with E-state index in [1.54, 1.807) is 0 Å². The van der Waals surface area contributed by atoms with E-state index in [4.69, 9.17) is 0 Å². The van der Waals surface area contributed by atoms with Crippen molar-refractivity contribution in [2.45, 2.75) is 39.4 Å². The minimum atomic E-state index is -1.10. The van der Waals surface area contributed by atoms with E-state index in [2.05, 4.69) is 31.0 Å². The van der Waals surface area contributed by atoms with Crippen LogP contribution in [-0.4, -0.2) is 21.4 Å². The van der Waals surface area contributed by atoms with Crippen LogP contribution in [-0.2, 0) is 24.3 Å². The number of hydrogen-bond donors (Lipinski definition) is 1. The van der Waals surface area contributed by atoms with Gasteiger partial charge in [-0.3, -0.25) is 4.40 Å². The van der Waals surface area contributed by atoms with Crippen LogP contribution in [0.25, 0.3) is 5.65 Å². The highest BCUT2D eigenvalue weighted by atomic mass is 16.4. The van der Waals surface area contributed by atoms with Gasteiger partial charge in [-0.15, -0.1) is 0 Å². The van der Waals surface area contributed by atoms with Crippen LogP contribution in [0.15, 0.2) is 54.7 Å². The van der Waals surface area contributed by atoms with E-state index in [-0.39, 0.29) is 6.42 Å². The Morgan fingerprint density at radius 1 is 1.12 bits per heavy atom. The Kier molecular flexibility index (Phi) is 5.14. The number of fused-ring (bicyclic) bond motifs is 1. The Morgan fingerprint density at radius 2 is 1.84 bits per heavy atom. The molecule has 130 valence electrons. The van der Waals surface area contributed by atoms with Crippen molar-refractivity contribution in [1.82, 2.24) is 9.38 Å². The second-order valence-corrected chi connectivity index (χ2v) is 6.63. The molecule has 0 spiro atoms. The highest BCUT2D eigenvalue weighted by Gasteiger charge is 2.20. The maximum absolute atomic E-state index is 11.1. The summed E-state index contributed by atoms with van der Waals surface area (Å²) in [5, 5.41) is 11.1. The van der Waals surface area contributed by atoms with Crippen molar-refractivity contribution < 1.29 is 14.8 Å². The Morgan fingerprint density at radius 3 is 2.52 bits per heavy atom. The van der Waals surface area contributed by atoms with Crippen LogP contribution >= 0.6 is 0 Å². The molecule has 5 nitrogen and oxygen atoms in total. The molecule has 0 saturated carbocycles. The Hall–Kier alpha value is -2.66. The van der Waals surface area contributed by atoms with Gasteiger partial charge < -0.3 is 14.8 Å². The van der Waals surface area contributed by atoms with Gasteiger partial charge in [0.2, 0.25) is 0 Å². The summed E-state index contributed by atoms with van der Waals surface area (Å²) in [4.78, 5) is 17.0. The number of carbonyl (C=O) groups is 1. The molecule has 3 rings (SSSR count). The maximum Gasteiger partial charge on any atom is 0.137 e. The Labute approximate surface area is 147 Å². The fraction of sp³-hybridized carbons (Fsp3) is 0.300. The monoisotopic (exact) mass is 337 g/mol. The number of aliphatic carboxylic acids is 1. The molecule has 1 aromatic carbocycles. The minimum absolute atomic E-state index is 0.159. The predicted octanol–water partition coefficient (Wildman–Crippen LogP) is 0.620. The van der Waals surface area contributed by atoms with Crippen molar-refractivity contribution in [1.29, 1.82) is 0 Å². The third-order valence-electron chi connectivity index (χ3n) is 4.51. The van der Waals surface area contributed by atoms with E-state index < -0.39 is 5.97 Å². The lowest BCUT2D eigenvalue weighted by Crippen LogP contribution is -3.12. The van der Waals surface area contributed by atoms with Gasteiger partial charge in [-0.1, -0.05) is 36.4 Å². The van der Waals surface area contributed by atoms with Crippen LogP contribution < -0.4 is 10.0 Å². The average Bonchev–Trinajstić information content (AvgIpc) is 2.92. The van der Waals surface area contributed by atoms with Crippen molar-refractivity contribution in [3.05, 3.63) is 71.7 Å². The van der Waals surface area contributed by atoms with Crippen LogP contribution in [0.1, 0.15) is 30.8 Å². The number of pyridine rings is 1. The number of nitrogens with one attached hydrogen (secondary N) is 1. The van der Waals surface area contributed by atoms with Gasteiger partial charge in [0.25, 0.3) is 0 Å². The summed E-state index contributed by atoms with van der Waals surface area (Å²) >= 11 is 0. The summed E-state index contributed by atoms with van der Waals surface area (Å²) in [6.07, 6.45) is 1.78. The van der Waals surface area contributed by atoms with Gasteiger partial charge in [0.15, 0.2) is 0 Å². The fourth-order valence-corrected chi connectivity index (χ4v) is 3.10. The normalized spacial score (nSPS) is 12.6. The van der Waals surface area contributed by atoms with Gasteiger partial charge in [0, 0.05) is 24.2 Å². The Balaban J connectivity index is 1.94. The molecular formula is C20H23N3O2. The van der Waals surface area contributed by atoms with Crippen molar-refractivity contribution in [2.75, 3.05) is 0 Å². The number of quaternary nitrogens is 1. The zero-order chi connectivity index (χ0) is 17.8. The summed E-state index contributed by atoms with van der Waals surface area (Å²) in [5.41, 5.74) is 3.58. The van der Waals surface area contributed by atoms with Crippen LogP contribution in [0.3, 0.4) is 0 Å². The molecular weight excluding hydrogens is 314 g/mol. The van der Waals surface area contributed by atoms with Gasteiger partial charge in [-0.2, -0.15) is 0 Å². The fourth-order valence-electron chi connectivity index (χ4n) is 3.10. The molecule has 25 heavy (non-hydrogen) atoms. The second kappa shape index (κ2) is 7.49. The zero-order valence-electron chi connectivity index (χ0n) is 14.6. The second-order valence-electron chi connectivity index (χ2n) is 6.63. The third kappa shape index (κ3) is 4.06. The molecule has 1 N–H and O–H groups in total. The minimum Gasteiger partial charge on any atom is -0.550 e. The molecule has 0 radical (unpaired) electrons. The van der Waals surface area contributed by atoms with E-state index in [0.29, 0.717) is 18.3 Å². The predicted molar refractivity (Wildman–Crippen MR) is 93.9 cm³/mol. The summed E-state index contributed by atoms with van der Waals surface area (Å²) < 4.78 is 1.99. The van der Waals surface area contributed by atoms with Gasteiger partial charge in [0.05, 0.1) is 11.7 Å². The number of benzene rings is 1. The molecule has 2 heterocycles. The molecule has 0 bridgehead atoms. The highest BCUT2D eigenvalue weighted by molar-refractivity contribution is 5.68. The van der Waals surface area contributed by atoms with E-state index in [9.17, 15) is 9.90 Å².